The van der Waals surface area contributed by atoms with Crippen molar-refractivity contribution in [1.82, 2.24) is 4.90 Å². The minimum absolute atomic E-state index is 0.733. The van der Waals surface area contributed by atoms with Gasteiger partial charge in [0.05, 0.1) is 0 Å². The number of benzene rings is 1. The van der Waals surface area contributed by atoms with E-state index in [0.29, 0.717) is 0 Å². The molecular formula is C11H15ClN2S. The van der Waals surface area contributed by atoms with Gasteiger partial charge in [-0.25, -0.2) is 0 Å². The minimum atomic E-state index is 0.733. The molecule has 0 aliphatic carbocycles. The molecule has 1 aromatic rings. The average molecular weight is 243 g/mol. The molecule has 2 rings (SSSR count). The van der Waals surface area contributed by atoms with Gasteiger partial charge in [-0.15, -0.1) is 0 Å². The Morgan fingerprint density at radius 2 is 2.00 bits per heavy atom. The van der Waals surface area contributed by atoms with Crippen molar-refractivity contribution in [2.75, 3.05) is 30.3 Å². The van der Waals surface area contributed by atoms with Crippen molar-refractivity contribution in [2.45, 2.75) is 6.54 Å². The Kier molecular flexibility index (Phi) is 3.78. The predicted molar refractivity (Wildman–Crippen MR) is 68.5 cm³/mol. The summed E-state index contributed by atoms with van der Waals surface area (Å²) in [6.07, 6.45) is 0. The van der Waals surface area contributed by atoms with E-state index in [9.17, 15) is 0 Å². The molecule has 0 spiro atoms. The second-order valence-electron chi connectivity index (χ2n) is 3.78. The van der Waals surface area contributed by atoms with Gasteiger partial charge >= 0.3 is 0 Å². The van der Waals surface area contributed by atoms with Gasteiger partial charge in [0, 0.05) is 41.8 Å². The second-order valence-corrected chi connectivity index (χ2v) is 5.44. The van der Waals surface area contributed by atoms with Gasteiger partial charge in [0.15, 0.2) is 0 Å². The smallest absolute Gasteiger partial charge is 0.0429 e. The van der Waals surface area contributed by atoms with Crippen LogP contribution in [0.3, 0.4) is 0 Å². The third-order valence-corrected chi connectivity index (χ3v) is 3.65. The lowest BCUT2D eigenvalue weighted by molar-refractivity contribution is 0.294. The monoisotopic (exact) mass is 242 g/mol. The van der Waals surface area contributed by atoms with Crippen molar-refractivity contribution in [1.29, 1.82) is 0 Å². The Morgan fingerprint density at radius 3 is 2.67 bits per heavy atom. The molecule has 1 aromatic carbocycles. The standard InChI is InChI=1S/C11H15ClN2S/c12-10-5-9(6-11(13)7-10)8-14-1-3-15-4-2-14/h5-7H,1-4,8,13H2. The number of nitrogens with two attached hydrogens (primary N) is 1. The number of rotatable bonds is 2. The molecule has 0 unspecified atom stereocenters. The molecule has 1 fully saturated rings. The first-order valence-electron chi connectivity index (χ1n) is 5.09. The fourth-order valence-electron chi connectivity index (χ4n) is 1.78. The Hall–Kier alpha value is -0.380. The van der Waals surface area contributed by atoms with Crippen molar-refractivity contribution in [3.63, 3.8) is 0 Å². The lowest BCUT2D eigenvalue weighted by Gasteiger charge is -2.26. The summed E-state index contributed by atoms with van der Waals surface area (Å²) in [5, 5.41) is 0.733. The third-order valence-electron chi connectivity index (χ3n) is 2.49. The number of thioether (sulfide) groups is 1. The minimum Gasteiger partial charge on any atom is -0.399 e. The summed E-state index contributed by atoms with van der Waals surface area (Å²) < 4.78 is 0. The SMILES string of the molecule is Nc1cc(Cl)cc(CN2CCSCC2)c1. The van der Waals surface area contributed by atoms with E-state index < -0.39 is 0 Å². The van der Waals surface area contributed by atoms with Gasteiger partial charge in [0.2, 0.25) is 0 Å². The van der Waals surface area contributed by atoms with Gasteiger partial charge in [-0.2, -0.15) is 11.8 Å². The van der Waals surface area contributed by atoms with Gasteiger partial charge in [-0.3, -0.25) is 4.90 Å². The fraction of sp³-hybridized carbons (Fsp3) is 0.455. The van der Waals surface area contributed by atoms with E-state index in [1.165, 1.54) is 17.1 Å². The molecule has 15 heavy (non-hydrogen) atoms. The van der Waals surface area contributed by atoms with Crippen LogP contribution in [-0.4, -0.2) is 29.5 Å². The lowest BCUT2D eigenvalue weighted by Crippen LogP contribution is -2.31. The van der Waals surface area contributed by atoms with E-state index >= 15 is 0 Å². The van der Waals surface area contributed by atoms with E-state index in [4.69, 9.17) is 17.3 Å². The molecule has 2 nitrogen and oxygen atoms in total. The normalized spacial score (nSPS) is 17.9. The summed E-state index contributed by atoms with van der Waals surface area (Å²) in [6.45, 7) is 3.29. The number of nitrogen functional groups attached to an aromatic ring is 1. The molecule has 1 aliphatic rings. The molecule has 4 heteroatoms. The number of halogens is 1. The molecule has 1 heterocycles. The van der Waals surface area contributed by atoms with Crippen LogP contribution in [0.4, 0.5) is 5.69 Å². The van der Waals surface area contributed by atoms with Crippen LogP contribution in [0, 0.1) is 0 Å². The van der Waals surface area contributed by atoms with Crippen LogP contribution in [0.2, 0.25) is 5.02 Å². The summed E-state index contributed by atoms with van der Waals surface area (Å²) in [5.41, 5.74) is 7.73. The molecular weight excluding hydrogens is 228 g/mol. The van der Waals surface area contributed by atoms with Crippen molar-refractivity contribution in [3.8, 4) is 0 Å². The van der Waals surface area contributed by atoms with Crippen molar-refractivity contribution >= 4 is 29.1 Å². The highest BCUT2D eigenvalue weighted by atomic mass is 35.5. The molecule has 0 saturated carbocycles. The van der Waals surface area contributed by atoms with Gasteiger partial charge in [0.1, 0.15) is 0 Å². The summed E-state index contributed by atoms with van der Waals surface area (Å²) in [7, 11) is 0. The number of hydrogen-bond acceptors (Lipinski definition) is 3. The molecule has 1 aliphatic heterocycles. The lowest BCUT2D eigenvalue weighted by atomic mass is 10.2. The van der Waals surface area contributed by atoms with Crippen LogP contribution in [0.5, 0.6) is 0 Å². The van der Waals surface area contributed by atoms with Crippen molar-refractivity contribution in [3.05, 3.63) is 28.8 Å². The summed E-state index contributed by atoms with van der Waals surface area (Å²) >= 11 is 7.99. The zero-order chi connectivity index (χ0) is 10.7. The van der Waals surface area contributed by atoms with Gasteiger partial charge in [0.25, 0.3) is 0 Å². The molecule has 0 amide bonds. The van der Waals surface area contributed by atoms with E-state index in [1.807, 2.05) is 23.9 Å². The molecule has 2 N–H and O–H groups in total. The van der Waals surface area contributed by atoms with E-state index in [-0.39, 0.29) is 0 Å². The highest BCUT2D eigenvalue weighted by Crippen LogP contribution is 2.19. The van der Waals surface area contributed by atoms with Gasteiger partial charge in [-0.05, 0) is 23.8 Å². The Morgan fingerprint density at radius 1 is 1.27 bits per heavy atom. The Bertz CT molecular complexity index is 317. The summed E-state index contributed by atoms with van der Waals surface area (Å²) in [4.78, 5) is 2.45. The van der Waals surface area contributed by atoms with Gasteiger partial charge in [-0.1, -0.05) is 11.6 Å². The Labute approximate surface area is 99.8 Å². The first kappa shape index (κ1) is 11.1. The molecule has 0 atom stereocenters. The van der Waals surface area contributed by atoms with Crippen molar-refractivity contribution in [2.24, 2.45) is 0 Å². The second kappa shape index (κ2) is 5.10. The molecule has 1 saturated heterocycles. The van der Waals surface area contributed by atoms with Crippen LogP contribution in [-0.2, 0) is 6.54 Å². The maximum absolute atomic E-state index is 5.97. The quantitative estimate of drug-likeness (QED) is 0.808. The highest BCUT2D eigenvalue weighted by molar-refractivity contribution is 7.99. The summed E-state index contributed by atoms with van der Waals surface area (Å²) in [6, 6.07) is 5.80. The molecule has 0 aromatic heterocycles. The third kappa shape index (κ3) is 3.30. The van der Waals surface area contributed by atoms with E-state index in [1.54, 1.807) is 6.07 Å². The first-order valence-corrected chi connectivity index (χ1v) is 6.62. The molecule has 0 bridgehead atoms. The first-order chi connectivity index (χ1) is 7.24. The van der Waals surface area contributed by atoms with Gasteiger partial charge < -0.3 is 5.73 Å². The average Bonchev–Trinajstić information content (AvgIpc) is 2.17. The topological polar surface area (TPSA) is 29.3 Å². The van der Waals surface area contributed by atoms with Crippen LogP contribution in [0.15, 0.2) is 18.2 Å². The Balaban J connectivity index is 2.02. The maximum atomic E-state index is 5.97. The van der Waals surface area contributed by atoms with E-state index in [2.05, 4.69) is 4.90 Å². The van der Waals surface area contributed by atoms with Crippen LogP contribution in [0.1, 0.15) is 5.56 Å². The fourth-order valence-corrected chi connectivity index (χ4v) is 3.03. The number of nitrogens with zero attached hydrogens (tertiary/aromatic N) is 1. The summed E-state index contributed by atoms with van der Waals surface area (Å²) in [5.74, 6) is 2.46. The zero-order valence-corrected chi connectivity index (χ0v) is 10.2. The van der Waals surface area contributed by atoms with Crippen LogP contribution >= 0.6 is 23.4 Å². The molecule has 82 valence electrons. The van der Waals surface area contributed by atoms with E-state index in [0.717, 1.165) is 30.3 Å². The maximum Gasteiger partial charge on any atom is 0.0429 e. The van der Waals surface area contributed by atoms with Crippen molar-refractivity contribution < 1.29 is 0 Å². The number of hydrogen-bond donors (Lipinski definition) is 1. The highest BCUT2D eigenvalue weighted by Gasteiger charge is 2.10. The number of anilines is 1. The zero-order valence-electron chi connectivity index (χ0n) is 8.58. The largest absolute Gasteiger partial charge is 0.399 e. The van der Waals surface area contributed by atoms with Crippen LogP contribution in [0.25, 0.3) is 0 Å². The predicted octanol–water partition coefficient (Wildman–Crippen LogP) is 2.47. The van der Waals surface area contributed by atoms with Crippen LogP contribution < -0.4 is 5.73 Å². The molecule has 0 radical (unpaired) electrons.